The minimum atomic E-state index is 0.520. The lowest BCUT2D eigenvalue weighted by molar-refractivity contribution is 0.348. The number of carbonyl (C=O) groups excluding carboxylic acids is 1. The Morgan fingerprint density at radius 1 is 1.36 bits per heavy atom. The van der Waals surface area contributed by atoms with Crippen molar-refractivity contribution in [1.29, 1.82) is 5.41 Å². The normalized spacial score (nSPS) is 29.6. The van der Waals surface area contributed by atoms with E-state index in [0.717, 1.165) is 12.0 Å². The molecule has 0 atom stereocenters. The predicted octanol–water partition coefficient (Wildman–Crippen LogP) is 1.42. The largest absolute Gasteiger partial charge is 0.328 e. The fraction of sp³-hybridized carbons (Fsp3) is 0.875. The molecule has 0 aromatic rings. The molecular formula is C8H16N2O. The number of nitrogens with two attached hydrogens (primary N) is 1. The minimum Gasteiger partial charge on any atom is -0.328 e. The van der Waals surface area contributed by atoms with Crippen LogP contribution >= 0.6 is 0 Å². The Morgan fingerprint density at radius 2 is 1.73 bits per heavy atom. The van der Waals surface area contributed by atoms with Crippen LogP contribution in [0.4, 0.5) is 0 Å². The molecule has 1 aliphatic rings. The summed E-state index contributed by atoms with van der Waals surface area (Å²) in [7, 11) is 0. The van der Waals surface area contributed by atoms with Gasteiger partial charge < -0.3 is 5.73 Å². The second-order valence-corrected chi connectivity index (χ2v) is 3.12. The van der Waals surface area contributed by atoms with Crippen molar-refractivity contribution in [1.82, 2.24) is 0 Å². The zero-order valence-electron chi connectivity index (χ0n) is 6.97. The molecular weight excluding hydrogens is 140 g/mol. The summed E-state index contributed by atoms with van der Waals surface area (Å²) < 4.78 is 0. The molecule has 11 heavy (non-hydrogen) atoms. The molecule has 1 fully saturated rings. The van der Waals surface area contributed by atoms with E-state index in [0.29, 0.717) is 6.04 Å². The topological polar surface area (TPSA) is 66.9 Å². The fourth-order valence-electron chi connectivity index (χ4n) is 1.29. The van der Waals surface area contributed by atoms with Gasteiger partial charge in [0.1, 0.15) is 0 Å². The van der Waals surface area contributed by atoms with Crippen LogP contribution in [0.5, 0.6) is 0 Å². The monoisotopic (exact) mass is 156 g/mol. The lowest BCUT2D eigenvalue weighted by Gasteiger charge is -2.22. The van der Waals surface area contributed by atoms with Crippen LogP contribution < -0.4 is 5.73 Å². The van der Waals surface area contributed by atoms with E-state index in [9.17, 15) is 0 Å². The summed E-state index contributed by atoms with van der Waals surface area (Å²) in [5.41, 5.74) is 5.70. The average Bonchev–Trinajstić information content (AvgIpc) is 1.97. The first kappa shape index (κ1) is 10.3. The van der Waals surface area contributed by atoms with Gasteiger partial charge in [-0.1, -0.05) is 6.92 Å². The Kier molecular flexibility index (Phi) is 5.71. The fourth-order valence-corrected chi connectivity index (χ4v) is 1.29. The minimum absolute atomic E-state index is 0.520. The van der Waals surface area contributed by atoms with Gasteiger partial charge in [0.25, 0.3) is 0 Å². The van der Waals surface area contributed by atoms with Crippen molar-refractivity contribution in [3.8, 4) is 0 Å². The molecule has 0 aromatic carbocycles. The third kappa shape index (κ3) is 5.77. The molecule has 3 nitrogen and oxygen atoms in total. The molecule has 0 bridgehead atoms. The SMILES string of the molecule is C[C@H]1CC[C@H](N)CC1.N=C=O. The molecule has 1 saturated carbocycles. The Labute approximate surface area is 67.5 Å². The van der Waals surface area contributed by atoms with Crippen molar-refractivity contribution in [2.45, 2.75) is 38.6 Å². The second kappa shape index (κ2) is 6.08. The van der Waals surface area contributed by atoms with E-state index in [1.165, 1.54) is 25.7 Å². The molecule has 3 N–H and O–H groups in total. The van der Waals surface area contributed by atoms with Gasteiger partial charge in [-0.15, -0.1) is 0 Å². The zero-order chi connectivity index (χ0) is 8.69. The smallest absolute Gasteiger partial charge is 0.231 e. The van der Waals surface area contributed by atoms with Gasteiger partial charge in [0, 0.05) is 6.04 Å². The van der Waals surface area contributed by atoms with E-state index < -0.39 is 0 Å². The lowest BCUT2D eigenvalue weighted by atomic mass is 9.88. The van der Waals surface area contributed by atoms with E-state index in [2.05, 4.69) is 6.92 Å². The molecule has 0 saturated heterocycles. The summed E-state index contributed by atoms with van der Waals surface area (Å²) in [6, 6.07) is 0.520. The molecule has 0 heterocycles. The summed E-state index contributed by atoms with van der Waals surface area (Å²) in [5, 5.41) is 5.40. The summed E-state index contributed by atoms with van der Waals surface area (Å²) in [4.78, 5) is 8.35. The van der Waals surface area contributed by atoms with Crippen molar-refractivity contribution in [3.63, 3.8) is 0 Å². The number of nitrogens with one attached hydrogen (secondary N) is 1. The van der Waals surface area contributed by atoms with Gasteiger partial charge in [0.2, 0.25) is 6.08 Å². The van der Waals surface area contributed by atoms with E-state index in [1.807, 2.05) is 0 Å². The molecule has 0 spiro atoms. The maximum Gasteiger partial charge on any atom is 0.231 e. The van der Waals surface area contributed by atoms with Crippen LogP contribution in [-0.2, 0) is 4.79 Å². The van der Waals surface area contributed by atoms with Crippen LogP contribution in [0.25, 0.3) is 0 Å². The quantitative estimate of drug-likeness (QED) is 0.411. The van der Waals surface area contributed by atoms with Crippen molar-refractivity contribution in [2.75, 3.05) is 0 Å². The van der Waals surface area contributed by atoms with Crippen molar-refractivity contribution in [2.24, 2.45) is 11.7 Å². The molecule has 0 aromatic heterocycles. The number of hydrogen-bond acceptors (Lipinski definition) is 3. The maximum absolute atomic E-state index is 8.35. The van der Waals surface area contributed by atoms with Crippen LogP contribution in [-0.4, -0.2) is 12.1 Å². The Morgan fingerprint density at radius 3 is 2.00 bits per heavy atom. The van der Waals surface area contributed by atoms with Crippen LogP contribution in [0, 0.1) is 11.3 Å². The molecule has 1 rings (SSSR count). The highest BCUT2D eigenvalue weighted by atomic mass is 16.1. The van der Waals surface area contributed by atoms with Gasteiger partial charge in [-0.25, -0.2) is 10.2 Å². The van der Waals surface area contributed by atoms with E-state index in [-0.39, 0.29) is 0 Å². The van der Waals surface area contributed by atoms with Gasteiger partial charge in [0.15, 0.2) is 0 Å². The second-order valence-electron chi connectivity index (χ2n) is 3.12. The van der Waals surface area contributed by atoms with Crippen molar-refractivity contribution >= 4 is 6.08 Å². The Hall–Kier alpha value is -0.660. The first-order chi connectivity index (χ1) is 5.20. The first-order valence-corrected chi connectivity index (χ1v) is 4.00. The summed E-state index contributed by atoms with van der Waals surface area (Å²) in [6.45, 7) is 2.31. The van der Waals surface area contributed by atoms with Crippen LogP contribution in [0.1, 0.15) is 32.6 Å². The lowest BCUT2D eigenvalue weighted by Crippen LogP contribution is -2.25. The van der Waals surface area contributed by atoms with Gasteiger partial charge in [-0.3, -0.25) is 0 Å². The van der Waals surface area contributed by atoms with Gasteiger partial charge in [-0.05, 0) is 31.6 Å². The van der Waals surface area contributed by atoms with Gasteiger partial charge in [-0.2, -0.15) is 0 Å². The summed E-state index contributed by atoms with van der Waals surface area (Å²) in [6.07, 6.45) is 5.95. The predicted molar refractivity (Wildman–Crippen MR) is 44.0 cm³/mol. The summed E-state index contributed by atoms with van der Waals surface area (Å²) >= 11 is 0. The molecule has 1 aliphatic carbocycles. The number of hydrogen-bond donors (Lipinski definition) is 2. The molecule has 3 heteroatoms. The Bertz CT molecular complexity index is 112. The maximum atomic E-state index is 8.35. The Balaban J connectivity index is 0.000000292. The molecule has 0 unspecified atom stereocenters. The van der Waals surface area contributed by atoms with Crippen LogP contribution in [0.2, 0.25) is 0 Å². The third-order valence-electron chi connectivity index (χ3n) is 2.06. The standard InChI is InChI=1S/C7H15N.CHNO/c1-6-2-4-7(8)5-3-6;2-1-3/h6-7H,2-5,8H2,1H3;2H/t6-,7-;. The highest BCUT2D eigenvalue weighted by Gasteiger charge is 2.13. The van der Waals surface area contributed by atoms with E-state index in [1.54, 1.807) is 0 Å². The molecule has 64 valence electrons. The molecule has 0 aliphatic heterocycles. The first-order valence-electron chi connectivity index (χ1n) is 4.00. The van der Waals surface area contributed by atoms with E-state index >= 15 is 0 Å². The third-order valence-corrected chi connectivity index (χ3v) is 2.06. The molecule has 0 amide bonds. The van der Waals surface area contributed by atoms with Crippen molar-refractivity contribution in [3.05, 3.63) is 0 Å². The summed E-state index contributed by atoms with van der Waals surface area (Å²) in [5.74, 6) is 0.940. The highest BCUT2D eigenvalue weighted by Crippen LogP contribution is 2.21. The number of isocyanates is 1. The van der Waals surface area contributed by atoms with Crippen LogP contribution in [0.3, 0.4) is 0 Å². The van der Waals surface area contributed by atoms with E-state index in [4.69, 9.17) is 15.9 Å². The van der Waals surface area contributed by atoms with Gasteiger partial charge >= 0.3 is 0 Å². The number of rotatable bonds is 0. The zero-order valence-corrected chi connectivity index (χ0v) is 6.97. The van der Waals surface area contributed by atoms with Crippen LogP contribution in [0.15, 0.2) is 0 Å². The highest BCUT2D eigenvalue weighted by molar-refractivity contribution is 5.26. The average molecular weight is 156 g/mol. The molecule has 0 radical (unpaired) electrons. The van der Waals surface area contributed by atoms with Gasteiger partial charge in [0.05, 0.1) is 0 Å². The van der Waals surface area contributed by atoms with Crippen molar-refractivity contribution < 1.29 is 4.79 Å².